The average molecular weight is 259 g/mol. The lowest BCUT2D eigenvalue weighted by molar-refractivity contribution is -0.0823. The summed E-state index contributed by atoms with van der Waals surface area (Å²) in [5, 5.41) is 0. The number of hydrogen-bond donors (Lipinski definition) is 1. The topological polar surface area (TPSA) is 35.2 Å². The number of nitrogens with two attached hydrogens (primary N) is 1. The Morgan fingerprint density at radius 3 is 2.47 bits per heavy atom. The van der Waals surface area contributed by atoms with Crippen molar-refractivity contribution in [3.8, 4) is 0 Å². The van der Waals surface area contributed by atoms with E-state index < -0.39 is 0 Å². The molecular formula is C17H25NO. The molecule has 3 rings (SSSR count). The zero-order chi connectivity index (χ0) is 13.9. The Balaban J connectivity index is 2.03. The lowest BCUT2D eigenvalue weighted by Gasteiger charge is -2.39. The number of ether oxygens (including phenoxy) is 1. The van der Waals surface area contributed by atoms with E-state index in [-0.39, 0.29) is 16.7 Å². The van der Waals surface area contributed by atoms with E-state index in [9.17, 15) is 0 Å². The second kappa shape index (κ2) is 3.83. The fourth-order valence-electron chi connectivity index (χ4n) is 4.40. The Hall–Kier alpha value is -0.860. The molecule has 0 saturated carbocycles. The molecule has 104 valence electrons. The molecule has 0 amide bonds. The van der Waals surface area contributed by atoms with Gasteiger partial charge in [-0.3, -0.25) is 0 Å². The minimum Gasteiger partial charge on any atom is -0.369 e. The van der Waals surface area contributed by atoms with Crippen LogP contribution in [0.25, 0.3) is 0 Å². The molecule has 1 aromatic carbocycles. The number of benzene rings is 1. The van der Waals surface area contributed by atoms with Crippen molar-refractivity contribution in [1.82, 2.24) is 0 Å². The molecule has 1 aliphatic heterocycles. The molecule has 19 heavy (non-hydrogen) atoms. The molecule has 1 aromatic rings. The summed E-state index contributed by atoms with van der Waals surface area (Å²) < 4.78 is 6.26. The number of aryl methyl sites for hydroxylation is 1. The van der Waals surface area contributed by atoms with Gasteiger partial charge in [-0.05, 0) is 58.1 Å². The number of rotatable bonds is 1. The maximum Gasteiger partial charge on any atom is 0.0683 e. The molecule has 0 spiro atoms. The Bertz CT molecular complexity index is 506. The molecular weight excluding hydrogens is 234 g/mol. The molecule has 1 aliphatic carbocycles. The second-order valence-electron chi connectivity index (χ2n) is 7.42. The summed E-state index contributed by atoms with van der Waals surface area (Å²) >= 11 is 0. The van der Waals surface area contributed by atoms with E-state index in [0.717, 1.165) is 19.3 Å². The van der Waals surface area contributed by atoms with Crippen LogP contribution in [0.1, 0.15) is 51.7 Å². The molecule has 2 nitrogen and oxygen atoms in total. The van der Waals surface area contributed by atoms with Crippen LogP contribution >= 0.6 is 0 Å². The average Bonchev–Trinajstić information content (AvgIpc) is 2.75. The Kier molecular flexibility index (Phi) is 2.65. The Labute approximate surface area is 116 Å². The normalized spacial score (nSPS) is 35.3. The van der Waals surface area contributed by atoms with Gasteiger partial charge in [-0.25, -0.2) is 0 Å². The van der Waals surface area contributed by atoms with Crippen LogP contribution in [0.2, 0.25) is 0 Å². The van der Waals surface area contributed by atoms with E-state index in [1.54, 1.807) is 0 Å². The third-order valence-corrected chi connectivity index (χ3v) is 5.02. The molecule has 0 bridgehead atoms. The van der Waals surface area contributed by atoms with Gasteiger partial charge in [0.05, 0.1) is 11.2 Å². The van der Waals surface area contributed by atoms with Crippen molar-refractivity contribution in [1.29, 1.82) is 0 Å². The van der Waals surface area contributed by atoms with Crippen molar-refractivity contribution in [3.05, 3.63) is 35.4 Å². The summed E-state index contributed by atoms with van der Waals surface area (Å²) in [5.41, 5.74) is 9.20. The van der Waals surface area contributed by atoms with Crippen LogP contribution in [0.4, 0.5) is 0 Å². The largest absolute Gasteiger partial charge is 0.369 e. The molecule has 2 heteroatoms. The monoisotopic (exact) mass is 259 g/mol. The van der Waals surface area contributed by atoms with Gasteiger partial charge in [0.1, 0.15) is 0 Å². The summed E-state index contributed by atoms with van der Waals surface area (Å²) in [7, 11) is 0. The van der Waals surface area contributed by atoms with Gasteiger partial charge in [-0.2, -0.15) is 0 Å². The highest BCUT2D eigenvalue weighted by Gasteiger charge is 2.56. The van der Waals surface area contributed by atoms with Gasteiger partial charge in [0.15, 0.2) is 0 Å². The molecule has 2 N–H and O–H groups in total. The van der Waals surface area contributed by atoms with Crippen molar-refractivity contribution in [2.24, 2.45) is 11.7 Å². The van der Waals surface area contributed by atoms with Gasteiger partial charge in [0, 0.05) is 11.5 Å². The summed E-state index contributed by atoms with van der Waals surface area (Å²) in [6.07, 6.45) is 3.17. The standard InChI is InChI=1S/C17H25NO/c1-15(2)11-14(16(3,4)19-15)17(18)10-9-12-7-5-6-8-13(12)17/h5-8,14H,9-11,18H2,1-4H3. The van der Waals surface area contributed by atoms with Crippen LogP contribution in [0.5, 0.6) is 0 Å². The summed E-state index contributed by atoms with van der Waals surface area (Å²) in [4.78, 5) is 0. The van der Waals surface area contributed by atoms with Crippen molar-refractivity contribution in [2.45, 2.75) is 63.7 Å². The molecule has 2 unspecified atom stereocenters. The first-order valence-electron chi connectivity index (χ1n) is 7.32. The summed E-state index contributed by atoms with van der Waals surface area (Å²) in [6.45, 7) is 8.75. The third-order valence-electron chi connectivity index (χ3n) is 5.02. The summed E-state index contributed by atoms with van der Waals surface area (Å²) in [6, 6.07) is 8.66. The maximum absolute atomic E-state index is 6.89. The molecule has 2 aliphatic rings. The first-order chi connectivity index (χ1) is 8.75. The van der Waals surface area contributed by atoms with Gasteiger partial charge >= 0.3 is 0 Å². The van der Waals surface area contributed by atoms with Crippen LogP contribution in [0.3, 0.4) is 0 Å². The number of hydrogen-bond acceptors (Lipinski definition) is 2. The molecule has 2 atom stereocenters. The summed E-state index contributed by atoms with van der Waals surface area (Å²) in [5.74, 6) is 0.374. The Morgan fingerprint density at radius 2 is 1.84 bits per heavy atom. The van der Waals surface area contributed by atoms with Gasteiger partial charge in [0.25, 0.3) is 0 Å². The van der Waals surface area contributed by atoms with Gasteiger partial charge in [-0.15, -0.1) is 0 Å². The van der Waals surface area contributed by atoms with Gasteiger partial charge in [0.2, 0.25) is 0 Å². The van der Waals surface area contributed by atoms with Gasteiger partial charge in [-0.1, -0.05) is 24.3 Å². The lowest BCUT2D eigenvalue weighted by Crippen LogP contribution is -2.49. The third kappa shape index (κ3) is 1.93. The van der Waals surface area contributed by atoms with Crippen LogP contribution in [-0.4, -0.2) is 11.2 Å². The van der Waals surface area contributed by atoms with Crippen molar-refractivity contribution >= 4 is 0 Å². The van der Waals surface area contributed by atoms with E-state index in [4.69, 9.17) is 10.5 Å². The van der Waals surface area contributed by atoms with E-state index >= 15 is 0 Å². The van der Waals surface area contributed by atoms with Crippen LogP contribution in [-0.2, 0) is 16.7 Å². The Morgan fingerprint density at radius 1 is 1.16 bits per heavy atom. The quantitative estimate of drug-likeness (QED) is 0.839. The first-order valence-corrected chi connectivity index (χ1v) is 7.32. The zero-order valence-corrected chi connectivity index (χ0v) is 12.5. The van der Waals surface area contributed by atoms with Gasteiger partial charge < -0.3 is 10.5 Å². The fourth-order valence-corrected chi connectivity index (χ4v) is 4.40. The minimum atomic E-state index is -0.228. The first kappa shape index (κ1) is 13.1. The SMILES string of the molecule is CC1(C)CC(C2(N)CCc3ccccc32)C(C)(C)O1. The molecule has 1 fully saturated rings. The van der Waals surface area contributed by atoms with E-state index in [1.807, 2.05) is 0 Å². The van der Waals surface area contributed by atoms with Crippen LogP contribution < -0.4 is 5.73 Å². The predicted molar refractivity (Wildman–Crippen MR) is 78.0 cm³/mol. The molecule has 0 radical (unpaired) electrons. The minimum absolute atomic E-state index is 0.0714. The van der Waals surface area contributed by atoms with E-state index in [2.05, 4.69) is 52.0 Å². The number of fused-ring (bicyclic) bond motifs is 1. The second-order valence-corrected chi connectivity index (χ2v) is 7.42. The highest BCUT2D eigenvalue weighted by atomic mass is 16.5. The zero-order valence-electron chi connectivity index (χ0n) is 12.5. The molecule has 1 heterocycles. The predicted octanol–water partition coefficient (Wildman–Crippen LogP) is 3.38. The maximum atomic E-state index is 6.89. The lowest BCUT2D eigenvalue weighted by atomic mass is 9.70. The highest BCUT2D eigenvalue weighted by molar-refractivity contribution is 5.40. The van der Waals surface area contributed by atoms with Crippen LogP contribution in [0, 0.1) is 5.92 Å². The fraction of sp³-hybridized carbons (Fsp3) is 0.647. The van der Waals surface area contributed by atoms with E-state index in [0.29, 0.717) is 5.92 Å². The molecule has 1 saturated heterocycles. The molecule has 0 aromatic heterocycles. The van der Waals surface area contributed by atoms with Crippen molar-refractivity contribution in [3.63, 3.8) is 0 Å². The van der Waals surface area contributed by atoms with Crippen LogP contribution in [0.15, 0.2) is 24.3 Å². The smallest absolute Gasteiger partial charge is 0.0683 e. The van der Waals surface area contributed by atoms with E-state index in [1.165, 1.54) is 11.1 Å². The highest BCUT2D eigenvalue weighted by Crippen LogP contribution is 2.53. The van der Waals surface area contributed by atoms with Crippen molar-refractivity contribution < 1.29 is 4.74 Å². The van der Waals surface area contributed by atoms with Crippen molar-refractivity contribution in [2.75, 3.05) is 0 Å².